The maximum atomic E-state index is 4.32. The lowest BCUT2D eigenvalue weighted by molar-refractivity contribution is 0.635. The molecule has 0 radical (unpaired) electrons. The molecule has 0 spiro atoms. The minimum absolute atomic E-state index is 0.924. The summed E-state index contributed by atoms with van der Waals surface area (Å²) >= 11 is 0. The van der Waals surface area contributed by atoms with Gasteiger partial charge in [0, 0.05) is 18.4 Å². The van der Waals surface area contributed by atoms with Crippen molar-refractivity contribution in [2.24, 2.45) is 0 Å². The molecule has 11 heavy (non-hydrogen) atoms. The Morgan fingerprint density at radius 2 is 2.55 bits per heavy atom. The molecule has 1 aromatic heterocycles. The van der Waals surface area contributed by atoms with Crippen LogP contribution in [-0.4, -0.2) is 16.1 Å². The molecule has 1 aliphatic heterocycles. The average molecular weight is 151 g/mol. The molecule has 0 atom stereocenters. The Balaban J connectivity index is 2.35. The minimum Gasteiger partial charge on any atom is -0.331 e. The Morgan fingerprint density at radius 3 is 3.45 bits per heavy atom. The van der Waals surface area contributed by atoms with Gasteiger partial charge >= 0.3 is 0 Å². The highest BCUT2D eigenvalue weighted by Gasteiger charge is 2.08. The van der Waals surface area contributed by atoms with Crippen LogP contribution in [0.2, 0.25) is 0 Å². The monoisotopic (exact) mass is 151 g/mol. The van der Waals surface area contributed by atoms with E-state index in [4.69, 9.17) is 0 Å². The summed E-state index contributed by atoms with van der Waals surface area (Å²) in [5.41, 5.74) is 1.28. The van der Waals surface area contributed by atoms with E-state index in [0.29, 0.717) is 0 Å². The molecule has 1 N–H and O–H groups in total. The van der Waals surface area contributed by atoms with E-state index in [9.17, 15) is 0 Å². The summed E-state index contributed by atoms with van der Waals surface area (Å²) < 4.78 is 2.29. The van der Waals surface area contributed by atoms with E-state index in [1.807, 2.05) is 6.20 Å². The predicted molar refractivity (Wildman–Crippen MR) is 43.3 cm³/mol. The third-order valence-electron chi connectivity index (χ3n) is 2.16. The molecular weight excluding hydrogens is 138 g/mol. The summed E-state index contributed by atoms with van der Waals surface area (Å²) in [5, 5.41) is 3.33. The molecule has 2 rings (SSSR count). The molecule has 3 nitrogen and oxygen atoms in total. The molecule has 1 aromatic rings. The van der Waals surface area contributed by atoms with Crippen LogP contribution in [0.3, 0.4) is 0 Å². The molecule has 60 valence electrons. The van der Waals surface area contributed by atoms with Crippen LogP contribution in [0, 0.1) is 6.92 Å². The second-order valence-corrected chi connectivity index (χ2v) is 3.00. The molecule has 3 heteroatoms. The lowest BCUT2D eigenvalue weighted by Crippen LogP contribution is -2.12. The zero-order valence-corrected chi connectivity index (χ0v) is 6.80. The summed E-state index contributed by atoms with van der Waals surface area (Å²) in [6.07, 6.45) is 3.16. The number of rotatable bonds is 0. The van der Waals surface area contributed by atoms with Crippen LogP contribution in [0.5, 0.6) is 0 Å². The molecule has 0 aliphatic carbocycles. The molecule has 0 unspecified atom stereocenters. The highest BCUT2D eigenvalue weighted by atomic mass is 15.1. The largest absolute Gasteiger partial charge is 0.331 e. The van der Waals surface area contributed by atoms with Crippen molar-refractivity contribution in [2.45, 2.75) is 26.4 Å². The number of aromatic nitrogens is 2. The van der Waals surface area contributed by atoms with Crippen molar-refractivity contribution >= 4 is 0 Å². The van der Waals surface area contributed by atoms with E-state index in [1.54, 1.807) is 0 Å². The van der Waals surface area contributed by atoms with E-state index >= 15 is 0 Å². The number of hydrogen-bond acceptors (Lipinski definition) is 2. The molecule has 0 bridgehead atoms. The molecule has 2 heterocycles. The number of fused-ring (bicyclic) bond motifs is 1. The van der Waals surface area contributed by atoms with Crippen molar-refractivity contribution in [1.29, 1.82) is 0 Å². The Bertz CT molecular complexity index is 252. The van der Waals surface area contributed by atoms with Gasteiger partial charge in [0.05, 0.1) is 6.54 Å². The summed E-state index contributed by atoms with van der Waals surface area (Å²) in [5.74, 6) is 1.18. The third-order valence-corrected chi connectivity index (χ3v) is 2.16. The Labute approximate surface area is 66.4 Å². The lowest BCUT2D eigenvalue weighted by atomic mass is 10.4. The van der Waals surface area contributed by atoms with E-state index < -0.39 is 0 Å². The SMILES string of the molecule is Cc1cnc2n1CCCNC2. The fourth-order valence-electron chi connectivity index (χ4n) is 1.52. The van der Waals surface area contributed by atoms with Gasteiger partial charge < -0.3 is 9.88 Å². The first-order valence-electron chi connectivity index (χ1n) is 4.09. The highest BCUT2D eigenvalue weighted by Crippen LogP contribution is 2.07. The molecule has 0 saturated heterocycles. The summed E-state index contributed by atoms with van der Waals surface area (Å²) in [4.78, 5) is 4.32. The molecule has 0 amide bonds. The smallest absolute Gasteiger partial charge is 0.122 e. The van der Waals surface area contributed by atoms with Crippen molar-refractivity contribution in [3.8, 4) is 0 Å². The van der Waals surface area contributed by atoms with Crippen LogP contribution < -0.4 is 5.32 Å². The first kappa shape index (κ1) is 6.85. The fourth-order valence-corrected chi connectivity index (χ4v) is 1.52. The number of nitrogens with one attached hydrogen (secondary N) is 1. The van der Waals surface area contributed by atoms with E-state index in [2.05, 4.69) is 21.8 Å². The van der Waals surface area contributed by atoms with Crippen molar-refractivity contribution in [3.05, 3.63) is 17.7 Å². The van der Waals surface area contributed by atoms with E-state index in [0.717, 1.165) is 19.6 Å². The van der Waals surface area contributed by atoms with Crippen LogP contribution in [0.1, 0.15) is 17.9 Å². The third kappa shape index (κ3) is 1.16. The van der Waals surface area contributed by atoms with Gasteiger partial charge in [-0.3, -0.25) is 0 Å². The zero-order chi connectivity index (χ0) is 7.68. The van der Waals surface area contributed by atoms with Gasteiger partial charge in [-0.2, -0.15) is 0 Å². The lowest BCUT2D eigenvalue weighted by Gasteiger charge is -2.03. The quantitative estimate of drug-likeness (QED) is 0.591. The van der Waals surface area contributed by atoms with Crippen molar-refractivity contribution < 1.29 is 0 Å². The topological polar surface area (TPSA) is 29.9 Å². The summed E-state index contributed by atoms with van der Waals surface area (Å²) in [7, 11) is 0. The van der Waals surface area contributed by atoms with Gasteiger partial charge in [0.25, 0.3) is 0 Å². The van der Waals surface area contributed by atoms with Gasteiger partial charge in [-0.1, -0.05) is 0 Å². The van der Waals surface area contributed by atoms with Crippen molar-refractivity contribution in [1.82, 2.24) is 14.9 Å². The van der Waals surface area contributed by atoms with Crippen LogP contribution >= 0.6 is 0 Å². The Kier molecular flexibility index (Phi) is 1.66. The Hall–Kier alpha value is -0.830. The van der Waals surface area contributed by atoms with Gasteiger partial charge in [0.2, 0.25) is 0 Å². The van der Waals surface area contributed by atoms with E-state index in [-0.39, 0.29) is 0 Å². The molecule has 0 saturated carbocycles. The van der Waals surface area contributed by atoms with Crippen molar-refractivity contribution in [3.63, 3.8) is 0 Å². The van der Waals surface area contributed by atoms with Gasteiger partial charge in [-0.15, -0.1) is 0 Å². The van der Waals surface area contributed by atoms with Crippen LogP contribution in [0.25, 0.3) is 0 Å². The fraction of sp³-hybridized carbons (Fsp3) is 0.625. The van der Waals surface area contributed by atoms with Gasteiger partial charge in [0.15, 0.2) is 0 Å². The van der Waals surface area contributed by atoms with Crippen molar-refractivity contribution in [2.75, 3.05) is 6.54 Å². The maximum absolute atomic E-state index is 4.32. The Morgan fingerprint density at radius 1 is 1.64 bits per heavy atom. The van der Waals surface area contributed by atoms with Gasteiger partial charge in [-0.25, -0.2) is 4.98 Å². The number of nitrogens with zero attached hydrogens (tertiary/aromatic N) is 2. The second-order valence-electron chi connectivity index (χ2n) is 3.00. The van der Waals surface area contributed by atoms with Crippen LogP contribution in [-0.2, 0) is 13.1 Å². The molecule has 0 fully saturated rings. The average Bonchev–Trinajstić information content (AvgIpc) is 2.25. The summed E-state index contributed by atoms with van der Waals surface area (Å²) in [6, 6.07) is 0. The maximum Gasteiger partial charge on any atom is 0.122 e. The molecular formula is C8H13N3. The number of hydrogen-bond donors (Lipinski definition) is 1. The predicted octanol–water partition coefficient (Wildman–Crippen LogP) is 0.685. The highest BCUT2D eigenvalue weighted by molar-refractivity contribution is 5.04. The standard InChI is InChI=1S/C8H13N3/c1-7-5-10-8-6-9-3-2-4-11(7)8/h5,9H,2-4,6H2,1H3. The zero-order valence-electron chi connectivity index (χ0n) is 6.80. The summed E-state index contributed by atoms with van der Waals surface area (Å²) in [6.45, 7) is 5.27. The molecule has 1 aliphatic rings. The van der Waals surface area contributed by atoms with Gasteiger partial charge in [0.1, 0.15) is 5.82 Å². The van der Waals surface area contributed by atoms with E-state index in [1.165, 1.54) is 17.9 Å². The normalized spacial score (nSPS) is 17.5. The van der Waals surface area contributed by atoms with Crippen LogP contribution in [0.4, 0.5) is 0 Å². The van der Waals surface area contributed by atoms with Crippen LogP contribution in [0.15, 0.2) is 6.20 Å². The number of aryl methyl sites for hydroxylation is 1. The number of imidazole rings is 1. The first-order chi connectivity index (χ1) is 5.38. The minimum atomic E-state index is 0.924. The molecule has 0 aromatic carbocycles. The first-order valence-corrected chi connectivity index (χ1v) is 4.09. The second kappa shape index (κ2) is 2.66. The van der Waals surface area contributed by atoms with Gasteiger partial charge in [-0.05, 0) is 19.9 Å².